The van der Waals surface area contributed by atoms with Crippen molar-refractivity contribution in [2.45, 2.75) is 76.3 Å². The quantitative estimate of drug-likeness (QED) is 0.534. The summed E-state index contributed by atoms with van der Waals surface area (Å²) in [7, 11) is 1.39. The maximum absolute atomic E-state index is 13.4. The van der Waals surface area contributed by atoms with Crippen LogP contribution in [0.15, 0.2) is 42.5 Å². The molecule has 2 aromatic carbocycles. The van der Waals surface area contributed by atoms with Gasteiger partial charge < -0.3 is 9.84 Å². The highest BCUT2D eigenvalue weighted by Crippen LogP contribution is 2.60. The first-order chi connectivity index (χ1) is 15.4. The van der Waals surface area contributed by atoms with Crippen LogP contribution < -0.4 is 0 Å². The van der Waals surface area contributed by atoms with Crippen molar-refractivity contribution in [2.75, 3.05) is 7.11 Å². The molecule has 4 rings (SSSR count). The number of carboxylic acids is 1. The molecule has 1 N–H and O–H groups in total. The smallest absolute Gasteiger partial charge is 0.410 e. The van der Waals surface area contributed by atoms with E-state index in [1.807, 2.05) is 18.2 Å². The van der Waals surface area contributed by atoms with E-state index in [0.717, 1.165) is 49.7 Å². The molecule has 2 aromatic rings. The molecule has 2 aliphatic rings. The van der Waals surface area contributed by atoms with E-state index in [0.29, 0.717) is 0 Å². The predicted molar refractivity (Wildman–Crippen MR) is 124 cm³/mol. The lowest BCUT2D eigenvalue weighted by Crippen LogP contribution is -2.56. The number of carbonyl (C=O) groups excluding carboxylic acids is 1. The predicted octanol–water partition coefficient (Wildman–Crippen LogP) is 6.10. The van der Waals surface area contributed by atoms with Crippen molar-refractivity contribution in [1.29, 1.82) is 0 Å². The standard InChI is InChI=1S/C27H33NO4/c1-4-5-6-9-14-27-22-13-12-18(2)15-19(22)16-23(27)20-10-7-8-11-21(20)24(17-25(29)30)28(27)26(31)32-3/h7-8,10-13,15,23-24H,4-6,9,14,16-17H2,1-3H3,(H,29,30). The zero-order chi connectivity index (χ0) is 22.9. The van der Waals surface area contributed by atoms with Crippen molar-refractivity contribution >= 4 is 12.1 Å². The van der Waals surface area contributed by atoms with Gasteiger partial charge in [-0.05, 0) is 42.0 Å². The molecule has 0 fully saturated rings. The number of aliphatic carboxylic acids is 1. The first-order valence-electron chi connectivity index (χ1n) is 11.7. The second-order valence-electron chi connectivity index (χ2n) is 9.23. The number of hydrogen-bond donors (Lipinski definition) is 1. The van der Waals surface area contributed by atoms with E-state index in [9.17, 15) is 14.7 Å². The van der Waals surface area contributed by atoms with Gasteiger partial charge in [-0.15, -0.1) is 0 Å². The van der Waals surface area contributed by atoms with Gasteiger partial charge in [0.25, 0.3) is 0 Å². The molecule has 5 nitrogen and oxygen atoms in total. The van der Waals surface area contributed by atoms with E-state index in [1.165, 1.54) is 23.8 Å². The fourth-order valence-corrected chi connectivity index (χ4v) is 6.11. The Bertz CT molecular complexity index is 1020. The lowest BCUT2D eigenvalue weighted by Gasteiger charge is -2.53. The van der Waals surface area contributed by atoms with Gasteiger partial charge in [0.2, 0.25) is 0 Å². The molecular formula is C27H33NO4. The summed E-state index contributed by atoms with van der Waals surface area (Å²) in [5, 5.41) is 9.79. The maximum Gasteiger partial charge on any atom is 0.410 e. The van der Waals surface area contributed by atoms with Gasteiger partial charge in [-0.3, -0.25) is 9.69 Å². The maximum atomic E-state index is 13.4. The number of aryl methyl sites for hydroxylation is 1. The SMILES string of the molecule is CCCCCCC12c3ccc(C)cc3CC1c1ccccc1C(CC(=O)O)N2C(=O)OC. The minimum absolute atomic E-state index is 0.0845. The summed E-state index contributed by atoms with van der Waals surface area (Å²) in [6.45, 7) is 4.28. The molecule has 0 spiro atoms. The van der Waals surface area contributed by atoms with Crippen LogP contribution in [0.4, 0.5) is 4.79 Å². The second kappa shape index (κ2) is 8.97. The molecule has 3 atom stereocenters. The van der Waals surface area contributed by atoms with Gasteiger partial charge in [-0.25, -0.2) is 4.79 Å². The number of unbranched alkanes of at least 4 members (excludes halogenated alkanes) is 3. The highest BCUT2D eigenvalue weighted by atomic mass is 16.5. The lowest BCUT2D eigenvalue weighted by atomic mass is 9.68. The van der Waals surface area contributed by atoms with Crippen LogP contribution in [0.25, 0.3) is 0 Å². The Hall–Kier alpha value is -2.82. The Morgan fingerprint density at radius 3 is 2.56 bits per heavy atom. The number of hydrogen-bond acceptors (Lipinski definition) is 3. The summed E-state index contributed by atoms with van der Waals surface area (Å²) in [6.07, 6.45) is 5.41. The van der Waals surface area contributed by atoms with Gasteiger partial charge in [0.15, 0.2) is 0 Å². The van der Waals surface area contributed by atoms with Gasteiger partial charge in [-0.1, -0.05) is 80.6 Å². The van der Waals surface area contributed by atoms with E-state index in [1.54, 1.807) is 4.90 Å². The van der Waals surface area contributed by atoms with Crippen LogP contribution in [0, 0.1) is 6.92 Å². The van der Waals surface area contributed by atoms with Gasteiger partial charge in [0.05, 0.1) is 25.1 Å². The van der Waals surface area contributed by atoms with Gasteiger partial charge >= 0.3 is 12.1 Å². The Morgan fingerprint density at radius 1 is 1.12 bits per heavy atom. The third-order valence-electron chi connectivity index (χ3n) is 7.35. The Morgan fingerprint density at radius 2 is 1.88 bits per heavy atom. The number of benzene rings is 2. The number of fused-ring (bicyclic) bond motifs is 5. The topological polar surface area (TPSA) is 66.8 Å². The molecular weight excluding hydrogens is 402 g/mol. The first-order valence-corrected chi connectivity index (χ1v) is 11.7. The van der Waals surface area contributed by atoms with Crippen LogP contribution in [0.3, 0.4) is 0 Å². The minimum atomic E-state index is -0.916. The molecule has 0 saturated carbocycles. The minimum Gasteiger partial charge on any atom is -0.481 e. The number of ether oxygens (including phenoxy) is 1. The summed E-state index contributed by atoms with van der Waals surface area (Å²) in [5.74, 6) is -0.832. The zero-order valence-corrected chi connectivity index (χ0v) is 19.3. The number of nitrogens with zero attached hydrogens (tertiary/aromatic N) is 1. The third-order valence-corrected chi connectivity index (χ3v) is 7.35. The molecule has 0 saturated heterocycles. The highest BCUT2D eigenvalue weighted by Gasteiger charge is 2.58. The molecule has 1 amide bonds. The van der Waals surface area contributed by atoms with Gasteiger partial charge in [0.1, 0.15) is 0 Å². The molecule has 5 heteroatoms. The molecule has 1 heterocycles. The number of rotatable bonds is 7. The fourth-order valence-electron chi connectivity index (χ4n) is 6.11. The van der Waals surface area contributed by atoms with Crippen molar-refractivity contribution in [2.24, 2.45) is 0 Å². The largest absolute Gasteiger partial charge is 0.481 e. The van der Waals surface area contributed by atoms with Crippen LogP contribution in [-0.2, 0) is 21.5 Å². The average Bonchev–Trinajstić information content (AvgIpc) is 3.10. The Balaban J connectivity index is 1.96. The van der Waals surface area contributed by atoms with Crippen LogP contribution in [0.2, 0.25) is 0 Å². The van der Waals surface area contributed by atoms with Gasteiger partial charge in [-0.2, -0.15) is 0 Å². The van der Waals surface area contributed by atoms with Crippen molar-refractivity contribution in [3.63, 3.8) is 0 Å². The first kappa shape index (κ1) is 22.4. The molecule has 0 bridgehead atoms. The van der Waals surface area contributed by atoms with Crippen LogP contribution in [0.5, 0.6) is 0 Å². The Labute approximate surface area is 190 Å². The summed E-state index contributed by atoms with van der Waals surface area (Å²) in [4.78, 5) is 27.1. The fraction of sp³-hybridized carbons (Fsp3) is 0.481. The van der Waals surface area contributed by atoms with E-state index in [2.05, 4.69) is 38.1 Å². The monoisotopic (exact) mass is 435 g/mol. The molecule has 1 aliphatic heterocycles. The summed E-state index contributed by atoms with van der Waals surface area (Å²) >= 11 is 0. The lowest BCUT2D eigenvalue weighted by molar-refractivity contribution is -0.139. The van der Waals surface area contributed by atoms with Crippen molar-refractivity contribution in [3.8, 4) is 0 Å². The van der Waals surface area contributed by atoms with E-state index in [4.69, 9.17) is 4.74 Å². The molecule has 0 radical (unpaired) electrons. The molecule has 1 aliphatic carbocycles. The third kappa shape index (κ3) is 3.58. The van der Waals surface area contributed by atoms with Crippen molar-refractivity contribution in [1.82, 2.24) is 4.90 Å². The highest BCUT2D eigenvalue weighted by molar-refractivity contribution is 5.75. The Kier molecular flexibility index (Phi) is 6.27. The van der Waals surface area contributed by atoms with E-state index >= 15 is 0 Å². The summed E-state index contributed by atoms with van der Waals surface area (Å²) in [5.41, 5.74) is 5.11. The van der Waals surface area contributed by atoms with Crippen LogP contribution in [0.1, 0.15) is 85.2 Å². The average molecular weight is 436 g/mol. The second-order valence-corrected chi connectivity index (χ2v) is 9.23. The van der Waals surface area contributed by atoms with Gasteiger partial charge in [0, 0.05) is 5.92 Å². The molecule has 170 valence electrons. The molecule has 32 heavy (non-hydrogen) atoms. The van der Waals surface area contributed by atoms with E-state index in [-0.39, 0.29) is 12.3 Å². The molecule has 0 aromatic heterocycles. The van der Waals surface area contributed by atoms with Crippen molar-refractivity contribution < 1.29 is 19.4 Å². The molecule has 3 unspecified atom stereocenters. The van der Waals surface area contributed by atoms with E-state index < -0.39 is 23.6 Å². The number of carboxylic acid groups (broad SMARTS) is 1. The number of methoxy groups -OCH3 is 1. The summed E-state index contributed by atoms with van der Waals surface area (Å²) < 4.78 is 5.31. The number of amides is 1. The summed E-state index contributed by atoms with van der Waals surface area (Å²) in [6, 6.07) is 14.0. The van der Waals surface area contributed by atoms with Crippen LogP contribution >= 0.6 is 0 Å². The zero-order valence-electron chi connectivity index (χ0n) is 19.3. The number of carbonyl (C=O) groups is 2. The van der Waals surface area contributed by atoms with Crippen molar-refractivity contribution in [3.05, 3.63) is 70.3 Å². The normalized spacial score (nSPS) is 23.3. The van der Waals surface area contributed by atoms with Crippen LogP contribution in [-0.4, -0.2) is 29.2 Å².